The molecule has 34 heavy (non-hydrogen) atoms. The molecule has 0 aliphatic rings. The van der Waals surface area contributed by atoms with Crippen molar-refractivity contribution in [2.24, 2.45) is 0 Å². The van der Waals surface area contributed by atoms with E-state index in [0.29, 0.717) is 18.8 Å². The van der Waals surface area contributed by atoms with Crippen molar-refractivity contribution in [2.45, 2.75) is 0 Å². The van der Waals surface area contributed by atoms with Crippen LogP contribution in [0.5, 0.6) is 0 Å². The first kappa shape index (κ1) is 34.8. The molecule has 12 heteroatoms. The summed E-state index contributed by atoms with van der Waals surface area (Å²) >= 11 is 4.31. The first-order chi connectivity index (χ1) is 13.3. The third kappa shape index (κ3) is 5.37. The van der Waals surface area contributed by atoms with E-state index in [0.717, 1.165) is 45.3 Å². The van der Waals surface area contributed by atoms with Crippen LogP contribution in [0.4, 0.5) is 31.5 Å². The normalized spacial score (nSPS) is 9.71. The van der Waals surface area contributed by atoms with Crippen LogP contribution in [0.3, 0.4) is 0 Å². The predicted octanol–water partition coefficient (Wildman–Crippen LogP) is 12.5. The molecule has 5 rings (SSSR count). The van der Waals surface area contributed by atoms with Crippen molar-refractivity contribution < 1.29 is 41.8 Å². The Morgan fingerprint density at radius 3 is 0.794 bits per heavy atom. The van der Waals surface area contributed by atoms with Gasteiger partial charge in [0, 0.05) is 51.8 Å². The fraction of sp³-hybridized carbons (Fsp3) is 0. The molecular weight excluding hydrogens is 604 g/mol. The summed E-state index contributed by atoms with van der Waals surface area (Å²) < 4.78 is 34.0. The largest absolute Gasteiger partial charge is 0.700 e. The first-order valence-electron chi connectivity index (χ1n) is 7.82. The predicted molar refractivity (Wildman–Crippen MR) is 147 cm³/mol. The molecule has 0 radical (unpaired) electrons. The minimum absolute atomic E-state index is 0. The molecule has 0 atom stereocenters. The van der Waals surface area contributed by atoms with Crippen LogP contribution >= 0.6 is 45.3 Å². The number of rotatable bonds is 0. The fourth-order valence-electron chi connectivity index (χ4n) is 2.85. The Morgan fingerprint density at radius 2 is 0.618 bits per heavy atom. The Morgan fingerprint density at radius 1 is 0.441 bits per heavy atom. The molecule has 0 bridgehead atoms. The molecule has 0 saturated carbocycles. The van der Waals surface area contributed by atoms with Crippen molar-refractivity contribution in [3.05, 3.63) is 88.5 Å². The SMILES string of the molecule is [CH3-].[CH3-].[CH3-].[CH3-].[NH-]c1cc2sc3c(F)c4sc5cc([NH-])c([NH-])cc5sc4c(F)c3sc2cc1[NH-].[Ni].[Ni]. The van der Waals surface area contributed by atoms with Gasteiger partial charge in [-0.15, -0.1) is 45.3 Å². The molecule has 0 aliphatic carbocycles. The third-order valence-electron chi connectivity index (χ3n) is 4.23. The van der Waals surface area contributed by atoms with Crippen LogP contribution in [0.25, 0.3) is 60.5 Å². The van der Waals surface area contributed by atoms with Gasteiger partial charge in [0.1, 0.15) is 0 Å². The molecule has 0 aliphatic heterocycles. The molecule has 0 saturated heterocycles. The molecule has 0 unspecified atom stereocenters. The number of halogens is 2. The van der Waals surface area contributed by atoms with E-state index in [2.05, 4.69) is 0 Å². The smallest absolute Gasteiger partial charge is 0.160 e. The molecule has 4 nitrogen and oxygen atoms in total. The van der Waals surface area contributed by atoms with E-state index in [1.807, 2.05) is 0 Å². The summed E-state index contributed by atoms with van der Waals surface area (Å²) in [6, 6.07) is 6.03. The molecule has 4 N–H and O–H groups in total. The molecule has 2 aromatic heterocycles. The quantitative estimate of drug-likeness (QED) is 0.0931. The van der Waals surface area contributed by atoms with Crippen molar-refractivity contribution in [1.29, 1.82) is 0 Å². The summed E-state index contributed by atoms with van der Waals surface area (Å²) in [5.74, 6) is -1.03. The van der Waals surface area contributed by atoms with Crippen LogP contribution in [-0.4, -0.2) is 0 Å². The van der Waals surface area contributed by atoms with Crippen molar-refractivity contribution in [3.8, 4) is 0 Å². The molecule has 194 valence electrons. The number of hydrogen-bond donors (Lipinski definition) is 0. The van der Waals surface area contributed by atoms with Crippen molar-refractivity contribution in [3.63, 3.8) is 0 Å². The van der Waals surface area contributed by atoms with Crippen molar-refractivity contribution in [2.75, 3.05) is 0 Å². The molecule has 5 aromatic rings. The average Bonchev–Trinajstić information content (AvgIpc) is 2.66. The van der Waals surface area contributed by atoms with Crippen molar-refractivity contribution >= 4 is 106 Å². The van der Waals surface area contributed by atoms with Crippen LogP contribution < -0.4 is 0 Å². The Hall–Kier alpha value is -1.41. The first-order valence-corrected chi connectivity index (χ1v) is 11.1. The zero-order chi connectivity index (χ0) is 19.7. The van der Waals surface area contributed by atoms with Gasteiger partial charge in [0.15, 0.2) is 11.6 Å². The van der Waals surface area contributed by atoms with Gasteiger partial charge in [-0.05, 0) is 0 Å². The maximum Gasteiger partial charge on any atom is 0.160 e. The molecule has 3 aromatic carbocycles. The van der Waals surface area contributed by atoms with E-state index in [4.69, 9.17) is 22.9 Å². The Balaban J connectivity index is 0. The van der Waals surface area contributed by atoms with Crippen LogP contribution in [-0.2, 0) is 33.0 Å². The zero-order valence-electron chi connectivity index (χ0n) is 18.3. The minimum Gasteiger partial charge on any atom is -0.700 e. The maximum atomic E-state index is 15.4. The summed E-state index contributed by atoms with van der Waals surface area (Å²) in [4.78, 5) is 0. The van der Waals surface area contributed by atoms with E-state index in [1.165, 1.54) is 24.3 Å². The van der Waals surface area contributed by atoms with E-state index in [1.54, 1.807) is 0 Å². The fourth-order valence-corrected chi connectivity index (χ4v) is 7.70. The van der Waals surface area contributed by atoms with E-state index < -0.39 is 11.6 Å². The van der Waals surface area contributed by atoms with Gasteiger partial charge in [-0.1, -0.05) is 24.3 Å². The number of fused-ring (bicyclic) bond motifs is 4. The Bertz CT molecular complexity index is 1280. The van der Waals surface area contributed by atoms with Crippen LogP contribution in [0, 0.1) is 41.3 Å². The molecular formula is C22H20F2N4Ni2S4-8. The van der Waals surface area contributed by atoms with Crippen LogP contribution in [0.1, 0.15) is 0 Å². The van der Waals surface area contributed by atoms with Gasteiger partial charge in [-0.2, -0.15) is 22.7 Å². The summed E-state index contributed by atoms with van der Waals surface area (Å²) in [7, 11) is 0. The summed E-state index contributed by atoms with van der Waals surface area (Å²) in [5, 5.41) is 0. The van der Waals surface area contributed by atoms with Gasteiger partial charge in [-0.3, -0.25) is 0 Å². The Kier molecular flexibility index (Phi) is 12.8. The van der Waals surface area contributed by atoms with Crippen LogP contribution in [0.15, 0.2) is 24.3 Å². The second-order valence-corrected chi connectivity index (χ2v) is 10.3. The monoisotopic (exact) mass is 622 g/mol. The second-order valence-electron chi connectivity index (χ2n) is 6.04. The van der Waals surface area contributed by atoms with E-state index in [9.17, 15) is 0 Å². The molecule has 2 heterocycles. The molecule has 0 amide bonds. The standard InChI is InChI=1S/C18H8F2N4S4.4CH3.2Ni/c19-13-15-16(26-10-2-6(22)5(21)1-9(10)25-15)14(20)18-17(13)27-11-3-7(23)8(24)4-12(11)28-18;;;;;;/h1-4,21-24H;4*1H3;;/q-4;4*-1;;. The van der Waals surface area contributed by atoms with Gasteiger partial charge >= 0.3 is 0 Å². The summed E-state index contributed by atoms with van der Waals surface area (Å²) in [6.45, 7) is 0. The minimum atomic E-state index is -0.513. The van der Waals surface area contributed by atoms with Crippen LogP contribution in [0.2, 0.25) is 0 Å². The van der Waals surface area contributed by atoms with Gasteiger partial charge in [-0.25, -0.2) is 8.78 Å². The number of hydrogen-bond acceptors (Lipinski definition) is 4. The summed E-state index contributed by atoms with van der Waals surface area (Å²) in [6.07, 6.45) is 0. The number of benzene rings is 3. The van der Waals surface area contributed by atoms with Gasteiger partial charge in [0.05, 0.1) is 18.8 Å². The Labute approximate surface area is 234 Å². The maximum absolute atomic E-state index is 15.4. The number of nitrogens with one attached hydrogen (secondary N) is 4. The van der Waals surface area contributed by atoms with Crippen molar-refractivity contribution in [1.82, 2.24) is 0 Å². The zero-order valence-corrected chi connectivity index (χ0v) is 23.6. The average molecular weight is 624 g/mol. The van der Waals surface area contributed by atoms with E-state index >= 15 is 8.78 Å². The molecule has 0 spiro atoms. The topological polar surface area (TPSA) is 95.2 Å². The second kappa shape index (κ2) is 12.5. The van der Waals surface area contributed by atoms with Gasteiger partial charge < -0.3 is 52.6 Å². The van der Waals surface area contributed by atoms with Gasteiger partial charge in [0.25, 0.3) is 0 Å². The third-order valence-corrected chi connectivity index (χ3v) is 9.32. The molecule has 0 fully saturated rings. The van der Waals surface area contributed by atoms with Gasteiger partial charge in [0.2, 0.25) is 0 Å². The summed E-state index contributed by atoms with van der Waals surface area (Å²) in [5.41, 5.74) is 31.3. The van der Waals surface area contributed by atoms with E-state index in [-0.39, 0.29) is 104 Å².